The third-order valence-corrected chi connectivity index (χ3v) is 5.43. The maximum absolute atomic E-state index is 13.7. The lowest BCUT2D eigenvalue weighted by Crippen LogP contribution is -2.46. The normalized spacial score (nSPS) is 20.0. The summed E-state index contributed by atoms with van der Waals surface area (Å²) in [7, 11) is 0. The first-order valence-electron chi connectivity index (χ1n) is 9.82. The van der Waals surface area contributed by atoms with Crippen LogP contribution in [-0.4, -0.2) is 56.9 Å². The zero-order valence-corrected chi connectivity index (χ0v) is 15.8. The molecule has 9 heteroatoms. The van der Waals surface area contributed by atoms with Gasteiger partial charge in [-0.25, -0.2) is 19.0 Å². The molecule has 0 radical (unpaired) electrons. The SMILES string of the molecule is O=c1cc2c(nn1CCN1CCCCC1CNc1ncncc1F)CCOC2. The molecule has 0 spiro atoms. The van der Waals surface area contributed by atoms with Crippen molar-refractivity contribution in [3.05, 3.63) is 46.0 Å². The minimum absolute atomic E-state index is 0.0843. The van der Waals surface area contributed by atoms with E-state index in [2.05, 4.69) is 25.3 Å². The van der Waals surface area contributed by atoms with Gasteiger partial charge in [-0.15, -0.1) is 0 Å². The number of anilines is 1. The summed E-state index contributed by atoms with van der Waals surface area (Å²) in [5.74, 6) is -0.214. The maximum Gasteiger partial charge on any atom is 0.267 e. The highest BCUT2D eigenvalue weighted by molar-refractivity contribution is 5.33. The van der Waals surface area contributed by atoms with E-state index in [-0.39, 0.29) is 17.4 Å². The van der Waals surface area contributed by atoms with Gasteiger partial charge in [0, 0.05) is 37.2 Å². The smallest absolute Gasteiger partial charge is 0.267 e. The second kappa shape index (κ2) is 8.74. The van der Waals surface area contributed by atoms with Gasteiger partial charge in [-0.1, -0.05) is 6.42 Å². The first kappa shape index (κ1) is 18.9. The van der Waals surface area contributed by atoms with Crippen molar-refractivity contribution >= 4 is 5.82 Å². The predicted molar refractivity (Wildman–Crippen MR) is 102 cm³/mol. The number of halogens is 1. The summed E-state index contributed by atoms with van der Waals surface area (Å²) in [6.45, 7) is 3.98. The van der Waals surface area contributed by atoms with Gasteiger partial charge < -0.3 is 10.1 Å². The van der Waals surface area contributed by atoms with Crippen LogP contribution in [0.2, 0.25) is 0 Å². The Hall–Kier alpha value is -2.39. The highest BCUT2D eigenvalue weighted by Crippen LogP contribution is 2.18. The summed E-state index contributed by atoms with van der Waals surface area (Å²) < 4.78 is 20.7. The zero-order chi connectivity index (χ0) is 19.3. The van der Waals surface area contributed by atoms with Gasteiger partial charge in [0.25, 0.3) is 5.56 Å². The molecular weight excluding hydrogens is 363 g/mol. The van der Waals surface area contributed by atoms with Crippen molar-refractivity contribution in [2.45, 2.75) is 44.9 Å². The van der Waals surface area contributed by atoms with E-state index in [1.807, 2.05) is 0 Å². The molecule has 0 amide bonds. The minimum atomic E-state index is -0.446. The van der Waals surface area contributed by atoms with Crippen molar-refractivity contribution < 1.29 is 9.13 Å². The minimum Gasteiger partial charge on any atom is -0.376 e. The van der Waals surface area contributed by atoms with E-state index in [0.717, 1.165) is 56.2 Å². The second-order valence-corrected chi connectivity index (χ2v) is 7.27. The lowest BCUT2D eigenvalue weighted by Gasteiger charge is -2.36. The van der Waals surface area contributed by atoms with Crippen LogP contribution in [0.25, 0.3) is 0 Å². The van der Waals surface area contributed by atoms with Crippen molar-refractivity contribution in [2.75, 3.05) is 31.6 Å². The number of fused-ring (bicyclic) bond motifs is 1. The summed E-state index contributed by atoms with van der Waals surface area (Å²) in [6.07, 6.45) is 6.55. The quantitative estimate of drug-likeness (QED) is 0.796. The molecule has 4 heterocycles. The van der Waals surface area contributed by atoms with Gasteiger partial charge in [0.05, 0.1) is 31.6 Å². The Labute approximate surface area is 162 Å². The van der Waals surface area contributed by atoms with Gasteiger partial charge in [0.1, 0.15) is 6.33 Å². The lowest BCUT2D eigenvalue weighted by atomic mass is 10.0. The fourth-order valence-electron chi connectivity index (χ4n) is 3.88. The Kier molecular flexibility index (Phi) is 5.92. The number of likely N-dealkylation sites (tertiary alicyclic amines) is 1. The summed E-state index contributed by atoms with van der Waals surface area (Å²) >= 11 is 0. The fourth-order valence-corrected chi connectivity index (χ4v) is 3.88. The van der Waals surface area contributed by atoms with E-state index in [1.54, 1.807) is 10.7 Å². The van der Waals surface area contributed by atoms with E-state index >= 15 is 0 Å². The molecule has 1 saturated heterocycles. The van der Waals surface area contributed by atoms with Gasteiger partial charge in [0.15, 0.2) is 11.6 Å². The molecule has 2 aliphatic heterocycles. The average Bonchev–Trinajstić information content (AvgIpc) is 2.72. The monoisotopic (exact) mass is 388 g/mol. The Morgan fingerprint density at radius 1 is 1.32 bits per heavy atom. The van der Waals surface area contributed by atoms with Crippen LogP contribution in [0, 0.1) is 5.82 Å². The van der Waals surface area contributed by atoms with Crippen molar-refractivity contribution in [1.82, 2.24) is 24.6 Å². The van der Waals surface area contributed by atoms with E-state index < -0.39 is 5.82 Å². The predicted octanol–water partition coefficient (Wildman–Crippen LogP) is 1.21. The molecule has 1 fully saturated rings. The molecule has 2 aromatic heterocycles. The van der Waals surface area contributed by atoms with E-state index in [0.29, 0.717) is 26.3 Å². The molecule has 1 atom stereocenters. The van der Waals surface area contributed by atoms with Crippen molar-refractivity contribution in [3.63, 3.8) is 0 Å². The van der Waals surface area contributed by atoms with Gasteiger partial charge in [0.2, 0.25) is 0 Å². The highest BCUT2D eigenvalue weighted by atomic mass is 19.1. The molecule has 2 aromatic rings. The van der Waals surface area contributed by atoms with Crippen molar-refractivity contribution in [3.8, 4) is 0 Å². The fraction of sp³-hybridized carbons (Fsp3) is 0.579. The Bertz CT molecular complexity index is 874. The number of rotatable bonds is 6. The molecule has 1 unspecified atom stereocenters. The van der Waals surface area contributed by atoms with Crippen LogP contribution in [0.5, 0.6) is 0 Å². The number of hydrogen-bond acceptors (Lipinski definition) is 7. The first-order valence-corrected chi connectivity index (χ1v) is 9.82. The second-order valence-electron chi connectivity index (χ2n) is 7.27. The molecule has 150 valence electrons. The van der Waals surface area contributed by atoms with Crippen molar-refractivity contribution in [1.29, 1.82) is 0 Å². The molecule has 0 bridgehead atoms. The molecule has 2 aliphatic rings. The van der Waals surface area contributed by atoms with Crippen LogP contribution in [0.15, 0.2) is 23.4 Å². The van der Waals surface area contributed by atoms with Crippen LogP contribution >= 0.6 is 0 Å². The largest absolute Gasteiger partial charge is 0.376 e. The van der Waals surface area contributed by atoms with Gasteiger partial charge in [-0.05, 0) is 19.4 Å². The third kappa shape index (κ3) is 4.36. The summed E-state index contributed by atoms with van der Waals surface area (Å²) in [6, 6.07) is 1.92. The van der Waals surface area contributed by atoms with Crippen LogP contribution < -0.4 is 10.9 Å². The number of hydrogen-bond donors (Lipinski definition) is 1. The van der Waals surface area contributed by atoms with Crippen molar-refractivity contribution in [2.24, 2.45) is 0 Å². The molecule has 4 rings (SSSR count). The van der Waals surface area contributed by atoms with E-state index in [1.165, 1.54) is 6.33 Å². The third-order valence-electron chi connectivity index (χ3n) is 5.43. The zero-order valence-electron chi connectivity index (χ0n) is 15.8. The van der Waals surface area contributed by atoms with E-state index in [9.17, 15) is 9.18 Å². The Balaban J connectivity index is 1.38. The lowest BCUT2D eigenvalue weighted by molar-refractivity contribution is 0.107. The number of nitrogens with one attached hydrogen (secondary N) is 1. The average molecular weight is 388 g/mol. The summed E-state index contributed by atoms with van der Waals surface area (Å²) in [5.41, 5.74) is 1.78. The number of ether oxygens (including phenoxy) is 1. The molecule has 0 saturated carbocycles. The number of nitrogens with zero attached hydrogens (tertiary/aromatic N) is 5. The topological polar surface area (TPSA) is 85.2 Å². The summed E-state index contributed by atoms with van der Waals surface area (Å²) in [4.78, 5) is 22.3. The standard InChI is InChI=1S/C19H25FN6O2/c20-16-11-21-13-23-19(16)22-10-15-3-1-2-5-25(15)6-7-26-18(27)9-14-12-28-8-4-17(14)24-26/h9,11,13,15H,1-8,10,12H2,(H,21,22,23). The van der Waals surface area contributed by atoms with E-state index in [4.69, 9.17) is 4.74 Å². The van der Waals surface area contributed by atoms with Gasteiger partial charge >= 0.3 is 0 Å². The molecular formula is C19H25FN6O2. The number of piperidine rings is 1. The number of aromatic nitrogens is 4. The molecule has 0 aliphatic carbocycles. The van der Waals surface area contributed by atoms with Gasteiger partial charge in [-0.2, -0.15) is 5.10 Å². The van der Waals surface area contributed by atoms with Crippen LogP contribution in [0.4, 0.5) is 10.2 Å². The molecule has 8 nitrogen and oxygen atoms in total. The van der Waals surface area contributed by atoms with Crippen LogP contribution in [0.3, 0.4) is 0 Å². The first-order chi connectivity index (χ1) is 13.7. The van der Waals surface area contributed by atoms with Crippen LogP contribution in [0.1, 0.15) is 30.5 Å². The van der Waals surface area contributed by atoms with Gasteiger partial charge in [-0.3, -0.25) is 9.69 Å². The van der Waals surface area contributed by atoms with Crippen LogP contribution in [-0.2, 0) is 24.3 Å². The highest BCUT2D eigenvalue weighted by Gasteiger charge is 2.23. The maximum atomic E-state index is 13.7. The molecule has 0 aromatic carbocycles. The Morgan fingerprint density at radius 3 is 3.14 bits per heavy atom. The summed E-state index contributed by atoms with van der Waals surface area (Å²) in [5, 5.41) is 7.64. The molecule has 1 N–H and O–H groups in total. The Morgan fingerprint density at radius 2 is 2.25 bits per heavy atom. The molecule has 28 heavy (non-hydrogen) atoms.